The van der Waals surface area contributed by atoms with Gasteiger partial charge in [-0.2, -0.15) is 0 Å². The fourth-order valence-electron chi connectivity index (χ4n) is 1.19. The smallest absolute Gasteiger partial charge is 0.179 e. The molecule has 3 nitrogen and oxygen atoms in total. The van der Waals surface area contributed by atoms with Gasteiger partial charge in [-0.25, -0.2) is 8.42 Å². The molecule has 0 aliphatic rings. The fraction of sp³-hybridized carbons (Fsp3) is 0.400. The zero-order valence-corrected chi connectivity index (χ0v) is 10.2. The highest BCUT2D eigenvalue weighted by Gasteiger charge is 2.17. The Balaban J connectivity index is 3.24. The molecule has 0 amide bonds. The number of alkyl halides is 1. The number of sulfone groups is 1. The summed E-state index contributed by atoms with van der Waals surface area (Å²) in [6.07, 6.45) is 0. The molecule has 0 aliphatic heterocycles. The van der Waals surface area contributed by atoms with Gasteiger partial charge in [-0.1, -0.05) is 0 Å². The van der Waals surface area contributed by atoms with E-state index in [1.165, 1.54) is 13.2 Å². The Morgan fingerprint density at radius 3 is 2.73 bits per heavy atom. The first-order valence-corrected chi connectivity index (χ1v) is 6.55. The van der Waals surface area contributed by atoms with Gasteiger partial charge in [0.05, 0.1) is 17.8 Å². The second kappa shape index (κ2) is 4.86. The third-order valence-corrected chi connectivity index (χ3v) is 4.25. The summed E-state index contributed by atoms with van der Waals surface area (Å²) in [5.41, 5.74) is 0.654. The van der Waals surface area contributed by atoms with E-state index in [-0.39, 0.29) is 16.5 Å². The third-order valence-electron chi connectivity index (χ3n) is 1.98. The molecular weight excluding hydrogens is 236 g/mol. The van der Waals surface area contributed by atoms with Gasteiger partial charge in [-0.15, -0.1) is 11.6 Å². The number of halogens is 1. The molecule has 1 aromatic rings. The zero-order valence-electron chi connectivity index (χ0n) is 8.58. The fourth-order valence-corrected chi connectivity index (χ4v) is 3.06. The molecule has 1 rings (SSSR count). The predicted octanol–water partition coefficient (Wildman–Crippen LogP) is 1.82. The van der Waals surface area contributed by atoms with Gasteiger partial charge in [0.25, 0.3) is 0 Å². The lowest BCUT2D eigenvalue weighted by Gasteiger charge is -2.07. The highest BCUT2D eigenvalue weighted by atomic mass is 35.5. The van der Waals surface area contributed by atoms with Gasteiger partial charge in [-0.05, 0) is 24.6 Å². The van der Waals surface area contributed by atoms with Gasteiger partial charge in [0.2, 0.25) is 0 Å². The van der Waals surface area contributed by atoms with Crippen LogP contribution in [0.1, 0.15) is 5.56 Å². The van der Waals surface area contributed by atoms with E-state index in [1.54, 1.807) is 13.0 Å². The number of rotatable bonds is 4. The van der Waals surface area contributed by atoms with Crippen molar-refractivity contribution in [3.05, 3.63) is 23.8 Å². The Hall–Kier alpha value is -0.740. The van der Waals surface area contributed by atoms with Crippen molar-refractivity contribution in [3.8, 4) is 5.75 Å². The van der Waals surface area contributed by atoms with Crippen molar-refractivity contribution in [1.82, 2.24) is 0 Å². The Morgan fingerprint density at radius 2 is 2.20 bits per heavy atom. The van der Waals surface area contributed by atoms with Crippen molar-refractivity contribution >= 4 is 21.4 Å². The van der Waals surface area contributed by atoms with Crippen LogP contribution in [0.3, 0.4) is 0 Å². The average Bonchev–Trinajstić information content (AvgIpc) is 2.18. The lowest BCUT2D eigenvalue weighted by Crippen LogP contribution is -2.09. The van der Waals surface area contributed by atoms with E-state index >= 15 is 0 Å². The Kier molecular flexibility index (Phi) is 3.99. The molecule has 0 aliphatic carbocycles. The van der Waals surface area contributed by atoms with Crippen molar-refractivity contribution in [2.45, 2.75) is 11.8 Å². The second-order valence-corrected chi connectivity index (χ2v) is 5.51. The predicted molar refractivity (Wildman–Crippen MR) is 59.3 cm³/mol. The van der Waals surface area contributed by atoms with Crippen LogP contribution in [0.15, 0.2) is 17.0 Å². The van der Waals surface area contributed by atoms with Crippen LogP contribution in [0.5, 0.6) is 5.75 Å². The molecule has 5 heteroatoms. The maximum Gasteiger partial charge on any atom is 0.179 e. The van der Waals surface area contributed by atoms with E-state index in [4.69, 9.17) is 16.3 Å². The zero-order chi connectivity index (χ0) is 11.5. The van der Waals surface area contributed by atoms with Crippen molar-refractivity contribution < 1.29 is 13.2 Å². The van der Waals surface area contributed by atoms with E-state index in [0.717, 1.165) is 0 Å². The lowest BCUT2D eigenvalue weighted by molar-refractivity contribution is 0.412. The van der Waals surface area contributed by atoms with Gasteiger partial charge in [0.15, 0.2) is 9.84 Å². The normalized spacial score (nSPS) is 11.4. The number of methoxy groups -OCH3 is 1. The molecule has 83 valence electrons. The van der Waals surface area contributed by atoms with E-state index in [1.807, 2.05) is 0 Å². The van der Waals surface area contributed by atoms with Gasteiger partial charge in [0, 0.05) is 11.9 Å². The van der Waals surface area contributed by atoms with Crippen molar-refractivity contribution in [2.24, 2.45) is 0 Å². The molecule has 0 unspecified atom stereocenters. The van der Waals surface area contributed by atoms with Gasteiger partial charge < -0.3 is 4.74 Å². The molecule has 0 bridgehead atoms. The van der Waals surface area contributed by atoms with Crippen LogP contribution in [-0.4, -0.2) is 27.2 Å². The molecule has 15 heavy (non-hydrogen) atoms. The van der Waals surface area contributed by atoms with E-state index in [9.17, 15) is 8.42 Å². The Labute approximate surface area is 94.9 Å². The van der Waals surface area contributed by atoms with Crippen LogP contribution in [0.25, 0.3) is 0 Å². The Morgan fingerprint density at radius 1 is 1.53 bits per heavy atom. The minimum atomic E-state index is -3.31. The summed E-state index contributed by atoms with van der Waals surface area (Å²) >= 11 is 5.44. The summed E-state index contributed by atoms with van der Waals surface area (Å²) < 4.78 is 28.5. The summed E-state index contributed by atoms with van der Waals surface area (Å²) in [5, 5.41) is 0. The maximum atomic E-state index is 11.8. The highest BCUT2D eigenvalue weighted by Crippen LogP contribution is 2.22. The summed E-state index contributed by atoms with van der Waals surface area (Å²) in [6, 6.07) is 5.89. The van der Waals surface area contributed by atoms with Crippen LogP contribution < -0.4 is 4.74 Å². The summed E-state index contributed by atoms with van der Waals surface area (Å²) in [6.45, 7) is 1.72. The molecule has 0 atom stereocenters. The molecule has 0 N–H and O–H groups in total. The van der Waals surface area contributed by atoms with Gasteiger partial charge in [0.1, 0.15) is 5.75 Å². The van der Waals surface area contributed by atoms with E-state index in [0.29, 0.717) is 11.3 Å². The topological polar surface area (TPSA) is 43.4 Å². The molecule has 0 aromatic heterocycles. The Bertz CT molecular complexity index is 440. The van der Waals surface area contributed by atoms with Crippen molar-refractivity contribution in [2.75, 3.05) is 18.7 Å². The number of hydrogen-bond donors (Lipinski definition) is 0. The molecule has 0 saturated heterocycles. The number of aryl methyl sites for hydroxylation is 1. The molecule has 0 spiro atoms. The first-order chi connectivity index (χ1) is 7.01. The van der Waals surface area contributed by atoms with Crippen LogP contribution in [0.4, 0.5) is 0 Å². The minimum absolute atomic E-state index is 0.0669. The average molecular weight is 248 g/mol. The highest BCUT2D eigenvalue weighted by molar-refractivity contribution is 7.91. The van der Waals surface area contributed by atoms with Crippen LogP contribution in [-0.2, 0) is 9.84 Å². The summed E-state index contributed by atoms with van der Waals surface area (Å²) in [5.74, 6) is 0.430. The van der Waals surface area contributed by atoms with Crippen LogP contribution in [0.2, 0.25) is 0 Å². The largest absolute Gasteiger partial charge is 0.496 e. The third kappa shape index (κ3) is 2.86. The van der Waals surface area contributed by atoms with Gasteiger partial charge in [-0.3, -0.25) is 0 Å². The van der Waals surface area contributed by atoms with Crippen molar-refractivity contribution in [1.29, 1.82) is 0 Å². The second-order valence-electron chi connectivity index (χ2n) is 3.06. The first kappa shape index (κ1) is 12.3. The van der Waals surface area contributed by atoms with Crippen LogP contribution >= 0.6 is 11.6 Å². The molecule has 0 saturated carbocycles. The standard InChI is InChI=1S/C10H12ClO3S/c1-8-3-4-9(14-2)7-10(8)15(12,13)6-5-11/h3,7H,5-6H2,1-2H3. The summed E-state index contributed by atoms with van der Waals surface area (Å²) in [7, 11) is -1.83. The number of benzene rings is 1. The summed E-state index contributed by atoms with van der Waals surface area (Å²) in [4.78, 5) is 0.263. The maximum absolute atomic E-state index is 11.8. The molecule has 1 radical (unpaired) electrons. The lowest BCUT2D eigenvalue weighted by atomic mass is 10.2. The number of ether oxygens (including phenoxy) is 1. The first-order valence-electron chi connectivity index (χ1n) is 4.36. The molecule has 0 fully saturated rings. The van der Waals surface area contributed by atoms with Crippen LogP contribution in [0, 0.1) is 13.0 Å². The number of hydrogen-bond acceptors (Lipinski definition) is 3. The quantitative estimate of drug-likeness (QED) is 0.763. The molecule has 0 heterocycles. The van der Waals surface area contributed by atoms with E-state index < -0.39 is 9.84 Å². The monoisotopic (exact) mass is 247 g/mol. The minimum Gasteiger partial charge on any atom is -0.496 e. The SMILES string of the molecule is COc1[c]cc(C)c(S(=O)(=O)CCCl)c1. The van der Waals surface area contributed by atoms with Gasteiger partial charge >= 0.3 is 0 Å². The van der Waals surface area contributed by atoms with Crippen molar-refractivity contribution in [3.63, 3.8) is 0 Å². The van der Waals surface area contributed by atoms with E-state index in [2.05, 4.69) is 6.07 Å². The molecule has 1 aromatic carbocycles. The molecular formula is C10H12ClO3S.